The number of hydrogen-bond donors (Lipinski definition) is 1. The first kappa shape index (κ1) is 14.8. The fourth-order valence-corrected chi connectivity index (χ4v) is 3.41. The summed E-state index contributed by atoms with van der Waals surface area (Å²) in [6.45, 7) is 2.90. The van der Waals surface area contributed by atoms with Gasteiger partial charge in [0, 0.05) is 23.0 Å². The van der Waals surface area contributed by atoms with Crippen molar-refractivity contribution in [3.63, 3.8) is 0 Å². The summed E-state index contributed by atoms with van der Waals surface area (Å²) in [7, 11) is 0. The molecular weight excluding hydrogens is 310 g/mol. The molecule has 120 valence electrons. The number of aryl methyl sites for hydroxylation is 1. The van der Waals surface area contributed by atoms with Crippen LogP contribution in [0.5, 0.6) is 0 Å². The molecule has 2 fully saturated rings. The van der Waals surface area contributed by atoms with E-state index < -0.39 is 0 Å². The second kappa shape index (κ2) is 5.68. The molecule has 0 spiro atoms. The maximum absolute atomic E-state index is 12.6. The van der Waals surface area contributed by atoms with Crippen molar-refractivity contribution in [3.8, 4) is 0 Å². The first-order valence-electron chi connectivity index (χ1n) is 8.21. The number of benzene rings is 1. The summed E-state index contributed by atoms with van der Waals surface area (Å²) in [6.07, 6.45) is 5.23. The molecular formula is C18H20ClN3O. The SMILES string of the molecule is Cc1cnn(CC2CC2)c1NC(=O)[C@@H]1C[C@H]1c1ccccc1Cl. The summed E-state index contributed by atoms with van der Waals surface area (Å²) < 4.78 is 1.94. The summed E-state index contributed by atoms with van der Waals surface area (Å²) >= 11 is 6.24. The molecule has 1 amide bonds. The van der Waals surface area contributed by atoms with Crippen LogP contribution in [0.25, 0.3) is 0 Å². The molecule has 0 saturated heterocycles. The van der Waals surface area contributed by atoms with Gasteiger partial charge in [-0.2, -0.15) is 5.10 Å². The Morgan fingerprint density at radius 1 is 1.39 bits per heavy atom. The average molecular weight is 330 g/mol. The topological polar surface area (TPSA) is 46.9 Å². The number of nitrogens with one attached hydrogen (secondary N) is 1. The molecule has 1 N–H and O–H groups in total. The van der Waals surface area contributed by atoms with Gasteiger partial charge in [-0.05, 0) is 49.7 Å². The van der Waals surface area contributed by atoms with E-state index in [1.165, 1.54) is 12.8 Å². The predicted molar refractivity (Wildman–Crippen MR) is 90.6 cm³/mol. The highest BCUT2D eigenvalue weighted by molar-refractivity contribution is 6.31. The number of nitrogens with zero attached hydrogens (tertiary/aromatic N) is 2. The number of aromatic nitrogens is 2. The van der Waals surface area contributed by atoms with Crippen molar-refractivity contribution in [2.75, 3.05) is 5.32 Å². The molecule has 2 aliphatic carbocycles. The average Bonchev–Trinajstić information content (AvgIpc) is 3.43. The van der Waals surface area contributed by atoms with E-state index >= 15 is 0 Å². The van der Waals surface area contributed by atoms with E-state index in [0.717, 1.165) is 40.9 Å². The van der Waals surface area contributed by atoms with E-state index in [1.807, 2.05) is 42.1 Å². The van der Waals surface area contributed by atoms with Crippen molar-refractivity contribution in [3.05, 3.63) is 46.6 Å². The van der Waals surface area contributed by atoms with Gasteiger partial charge in [0.1, 0.15) is 5.82 Å². The number of halogens is 1. The van der Waals surface area contributed by atoms with Crippen LogP contribution in [-0.4, -0.2) is 15.7 Å². The lowest BCUT2D eigenvalue weighted by molar-refractivity contribution is -0.117. The summed E-state index contributed by atoms with van der Waals surface area (Å²) in [6, 6.07) is 7.80. The number of carbonyl (C=O) groups is 1. The maximum atomic E-state index is 12.6. The second-order valence-corrected chi connectivity index (χ2v) is 7.17. The molecule has 4 nitrogen and oxygen atoms in total. The summed E-state index contributed by atoms with van der Waals surface area (Å²) in [5.74, 6) is 1.91. The zero-order chi connectivity index (χ0) is 16.0. The third-order valence-corrected chi connectivity index (χ3v) is 5.17. The third kappa shape index (κ3) is 3.00. The molecule has 2 aromatic rings. The molecule has 2 aliphatic rings. The van der Waals surface area contributed by atoms with Crippen molar-refractivity contribution in [1.29, 1.82) is 0 Å². The molecule has 2 atom stereocenters. The lowest BCUT2D eigenvalue weighted by Crippen LogP contribution is -2.19. The molecule has 1 aromatic carbocycles. The quantitative estimate of drug-likeness (QED) is 0.901. The van der Waals surface area contributed by atoms with Gasteiger partial charge in [-0.15, -0.1) is 0 Å². The van der Waals surface area contributed by atoms with E-state index in [4.69, 9.17) is 11.6 Å². The van der Waals surface area contributed by atoms with Gasteiger partial charge >= 0.3 is 0 Å². The van der Waals surface area contributed by atoms with Gasteiger partial charge in [-0.1, -0.05) is 29.8 Å². The Kier molecular flexibility index (Phi) is 3.64. The smallest absolute Gasteiger partial charge is 0.229 e. The third-order valence-electron chi connectivity index (χ3n) is 4.82. The largest absolute Gasteiger partial charge is 0.310 e. The molecule has 23 heavy (non-hydrogen) atoms. The maximum Gasteiger partial charge on any atom is 0.229 e. The zero-order valence-corrected chi connectivity index (χ0v) is 13.9. The van der Waals surface area contributed by atoms with Gasteiger partial charge in [-0.3, -0.25) is 4.79 Å². The minimum Gasteiger partial charge on any atom is -0.310 e. The summed E-state index contributed by atoms with van der Waals surface area (Å²) in [5.41, 5.74) is 2.10. The lowest BCUT2D eigenvalue weighted by Gasteiger charge is -2.10. The Labute approximate surface area is 140 Å². The zero-order valence-electron chi connectivity index (χ0n) is 13.1. The molecule has 1 aromatic heterocycles. The molecule has 4 rings (SSSR count). The van der Waals surface area contributed by atoms with Crippen LogP contribution >= 0.6 is 11.6 Å². The Bertz CT molecular complexity index is 750. The second-order valence-electron chi connectivity index (χ2n) is 6.76. The van der Waals surface area contributed by atoms with Crippen LogP contribution in [0.3, 0.4) is 0 Å². The van der Waals surface area contributed by atoms with Crippen LogP contribution in [-0.2, 0) is 11.3 Å². The van der Waals surface area contributed by atoms with Crippen LogP contribution < -0.4 is 5.32 Å². The van der Waals surface area contributed by atoms with Crippen molar-refractivity contribution in [1.82, 2.24) is 9.78 Å². The first-order chi connectivity index (χ1) is 11.1. The van der Waals surface area contributed by atoms with Gasteiger partial charge in [0.05, 0.1) is 6.20 Å². The van der Waals surface area contributed by atoms with Crippen LogP contribution in [0.4, 0.5) is 5.82 Å². The highest BCUT2D eigenvalue weighted by Gasteiger charge is 2.45. The molecule has 1 heterocycles. The number of amides is 1. The van der Waals surface area contributed by atoms with Gasteiger partial charge in [0.15, 0.2) is 0 Å². The number of hydrogen-bond acceptors (Lipinski definition) is 2. The minimum absolute atomic E-state index is 0.0126. The van der Waals surface area contributed by atoms with E-state index in [-0.39, 0.29) is 17.7 Å². The Morgan fingerprint density at radius 2 is 2.17 bits per heavy atom. The number of rotatable bonds is 5. The van der Waals surface area contributed by atoms with E-state index in [1.54, 1.807) is 0 Å². The van der Waals surface area contributed by atoms with Crippen molar-refractivity contribution < 1.29 is 4.79 Å². The highest BCUT2D eigenvalue weighted by atomic mass is 35.5. The van der Waals surface area contributed by atoms with Crippen LogP contribution in [0, 0.1) is 18.8 Å². The summed E-state index contributed by atoms with van der Waals surface area (Å²) in [5, 5.41) is 8.24. The van der Waals surface area contributed by atoms with E-state index in [2.05, 4.69) is 10.4 Å². The lowest BCUT2D eigenvalue weighted by atomic mass is 10.1. The molecule has 0 aliphatic heterocycles. The van der Waals surface area contributed by atoms with Crippen molar-refractivity contribution >= 4 is 23.3 Å². The standard InChI is InChI=1S/C18H20ClN3O/c1-11-9-20-22(10-12-6-7-12)17(11)21-18(23)15-8-14(15)13-4-2-3-5-16(13)19/h2-5,9,12,14-15H,6-8,10H2,1H3,(H,21,23)/t14-,15+/m0/s1. The highest BCUT2D eigenvalue weighted by Crippen LogP contribution is 2.50. The van der Waals surface area contributed by atoms with Crippen molar-refractivity contribution in [2.45, 2.75) is 38.6 Å². The van der Waals surface area contributed by atoms with Gasteiger partial charge < -0.3 is 5.32 Å². The van der Waals surface area contributed by atoms with Crippen LogP contribution in [0.15, 0.2) is 30.5 Å². The Hall–Kier alpha value is -1.81. The van der Waals surface area contributed by atoms with Crippen LogP contribution in [0.2, 0.25) is 5.02 Å². The van der Waals surface area contributed by atoms with E-state index in [9.17, 15) is 4.79 Å². The van der Waals surface area contributed by atoms with Gasteiger partial charge in [-0.25, -0.2) is 4.68 Å². The predicted octanol–water partition coefficient (Wildman–Crippen LogP) is 4.00. The fraction of sp³-hybridized carbons (Fsp3) is 0.444. The number of anilines is 1. The molecule has 5 heteroatoms. The van der Waals surface area contributed by atoms with E-state index in [0.29, 0.717) is 0 Å². The van der Waals surface area contributed by atoms with Gasteiger partial charge in [0.25, 0.3) is 0 Å². The van der Waals surface area contributed by atoms with Crippen molar-refractivity contribution in [2.24, 2.45) is 11.8 Å². The molecule has 0 bridgehead atoms. The first-order valence-corrected chi connectivity index (χ1v) is 8.59. The van der Waals surface area contributed by atoms with Gasteiger partial charge in [0.2, 0.25) is 5.91 Å². The number of carbonyl (C=O) groups excluding carboxylic acids is 1. The molecule has 2 saturated carbocycles. The summed E-state index contributed by atoms with van der Waals surface area (Å²) in [4.78, 5) is 12.6. The monoisotopic (exact) mass is 329 g/mol. The fourth-order valence-electron chi connectivity index (χ4n) is 3.14. The minimum atomic E-state index is 0.0126. The Morgan fingerprint density at radius 3 is 2.91 bits per heavy atom. The Balaban J connectivity index is 1.45. The normalized spacial score (nSPS) is 22.9. The molecule has 0 unspecified atom stereocenters. The molecule has 0 radical (unpaired) electrons. The van der Waals surface area contributed by atoms with Crippen LogP contribution in [0.1, 0.15) is 36.3 Å².